The fourth-order valence-electron chi connectivity index (χ4n) is 1.99. The van der Waals surface area contributed by atoms with Crippen molar-refractivity contribution in [2.75, 3.05) is 13.2 Å². The maximum absolute atomic E-state index is 12.3. The minimum Gasteiger partial charge on any atom is -0.395 e. The van der Waals surface area contributed by atoms with Gasteiger partial charge in [-0.1, -0.05) is 11.6 Å². The molecular weight excluding hydrogens is 264 g/mol. The maximum atomic E-state index is 12.3. The Balaban J connectivity index is 2.36. The number of aromatic nitrogens is 1. The van der Waals surface area contributed by atoms with E-state index >= 15 is 0 Å². The van der Waals surface area contributed by atoms with Gasteiger partial charge < -0.3 is 5.11 Å². The SMILES string of the molecule is O=S(=O)(c1ccnc(Cl)c1)N1CCCC1CO. The van der Waals surface area contributed by atoms with Crippen LogP contribution in [0.4, 0.5) is 0 Å². The third kappa shape index (κ3) is 2.44. The zero-order valence-corrected chi connectivity index (χ0v) is 10.7. The average molecular weight is 277 g/mol. The normalized spacial score (nSPS) is 21.9. The van der Waals surface area contributed by atoms with Gasteiger partial charge in [0.15, 0.2) is 0 Å². The fourth-order valence-corrected chi connectivity index (χ4v) is 3.93. The van der Waals surface area contributed by atoms with E-state index < -0.39 is 10.0 Å². The van der Waals surface area contributed by atoms with Crippen molar-refractivity contribution in [3.8, 4) is 0 Å². The molecule has 1 N–H and O–H groups in total. The molecule has 7 heteroatoms. The van der Waals surface area contributed by atoms with E-state index in [0.29, 0.717) is 13.0 Å². The van der Waals surface area contributed by atoms with E-state index in [9.17, 15) is 8.42 Å². The third-order valence-corrected chi connectivity index (χ3v) is 4.99. The number of pyridine rings is 1. The summed E-state index contributed by atoms with van der Waals surface area (Å²) in [4.78, 5) is 3.88. The topological polar surface area (TPSA) is 70.5 Å². The number of sulfonamides is 1. The molecule has 94 valence electrons. The molecule has 2 rings (SSSR count). The zero-order chi connectivity index (χ0) is 12.5. The van der Waals surface area contributed by atoms with Crippen LogP contribution >= 0.6 is 11.6 Å². The van der Waals surface area contributed by atoms with Gasteiger partial charge in [-0.05, 0) is 25.0 Å². The monoisotopic (exact) mass is 276 g/mol. The molecule has 2 heterocycles. The molecule has 0 amide bonds. The van der Waals surface area contributed by atoms with Crippen LogP contribution in [-0.2, 0) is 10.0 Å². The smallest absolute Gasteiger partial charge is 0.243 e. The molecule has 1 fully saturated rings. The molecule has 0 radical (unpaired) electrons. The van der Waals surface area contributed by atoms with Crippen molar-refractivity contribution in [2.45, 2.75) is 23.8 Å². The van der Waals surface area contributed by atoms with Crippen molar-refractivity contribution in [3.05, 3.63) is 23.5 Å². The minimum absolute atomic E-state index is 0.123. The summed E-state index contributed by atoms with van der Waals surface area (Å²) >= 11 is 5.68. The molecule has 1 unspecified atom stereocenters. The molecule has 1 saturated heterocycles. The highest BCUT2D eigenvalue weighted by atomic mass is 35.5. The molecule has 0 saturated carbocycles. The van der Waals surface area contributed by atoms with Crippen molar-refractivity contribution >= 4 is 21.6 Å². The number of aliphatic hydroxyl groups is 1. The molecule has 1 aromatic rings. The maximum Gasteiger partial charge on any atom is 0.243 e. The van der Waals surface area contributed by atoms with Gasteiger partial charge in [-0.25, -0.2) is 13.4 Å². The van der Waals surface area contributed by atoms with Gasteiger partial charge in [0.05, 0.1) is 11.5 Å². The summed E-state index contributed by atoms with van der Waals surface area (Å²) in [5.74, 6) is 0. The Morgan fingerprint density at radius 2 is 2.35 bits per heavy atom. The van der Waals surface area contributed by atoms with E-state index in [1.54, 1.807) is 0 Å². The highest BCUT2D eigenvalue weighted by Gasteiger charge is 2.34. The standard InChI is InChI=1S/C10H13ClN2O3S/c11-10-6-9(3-4-12-10)17(15,16)13-5-1-2-8(13)7-14/h3-4,6,8,14H,1-2,5,7H2. The van der Waals surface area contributed by atoms with Crippen LogP contribution in [0.15, 0.2) is 23.2 Å². The van der Waals surface area contributed by atoms with Crippen LogP contribution in [0.25, 0.3) is 0 Å². The van der Waals surface area contributed by atoms with Crippen molar-refractivity contribution < 1.29 is 13.5 Å². The van der Waals surface area contributed by atoms with Crippen molar-refractivity contribution in [3.63, 3.8) is 0 Å². The lowest BCUT2D eigenvalue weighted by Crippen LogP contribution is -2.37. The lowest BCUT2D eigenvalue weighted by atomic mass is 10.2. The van der Waals surface area contributed by atoms with E-state index in [1.807, 2.05) is 0 Å². The number of hydrogen-bond donors (Lipinski definition) is 1. The molecule has 1 atom stereocenters. The second kappa shape index (κ2) is 4.89. The lowest BCUT2D eigenvalue weighted by Gasteiger charge is -2.22. The summed E-state index contributed by atoms with van der Waals surface area (Å²) in [5.41, 5.74) is 0. The molecule has 0 spiro atoms. The summed E-state index contributed by atoms with van der Waals surface area (Å²) in [6, 6.07) is 2.41. The highest BCUT2D eigenvalue weighted by Crippen LogP contribution is 2.26. The molecule has 1 aromatic heterocycles. The predicted molar refractivity (Wildman–Crippen MR) is 63.2 cm³/mol. The first-order chi connectivity index (χ1) is 8.05. The van der Waals surface area contributed by atoms with Crippen LogP contribution in [0.1, 0.15) is 12.8 Å². The lowest BCUT2D eigenvalue weighted by molar-refractivity contribution is 0.213. The van der Waals surface area contributed by atoms with E-state index in [4.69, 9.17) is 16.7 Å². The first kappa shape index (κ1) is 12.8. The molecule has 1 aliphatic rings. The minimum atomic E-state index is -3.57. The Bertz CT molecular complexity index is 506. The Morgan fingerprint density at radius 3 is 3.00 bits per heavy atom. The Hall–Kier alpha value is -0.690. The quantitative estimate of drug-likeness (QED) is 0.832. The van der Waals surface area contributed by atoms with Crippen molar-refractivity contribution in [1.29, 1.82) is 0 Å². The summed E-state index contributed by atoms with van der Waals surface area (Å²) in [6.07, 6.45) is 2.82. The predicted octanol–water partition coefficient (Wildman–Crippen LogP) is 0.880. The molecule has 0 aromatic carbocycles. The molecule has 17 heavy (non-hydrogen) atoms. The van der Waals surface area contributed by atoms with Crippen LogP contribution in [0.5, 0.6) is 0 Å². The van der Waals surface area contributed by atoms with Crippen LogP contribution in [0, 0.1) is 0 Å². The van der Waals surface area contributed by atoms with Gasteiger partial charge in [0.2, 0.25) is 10.0 Å². The number of hydrogen-bond acceptors (Lipinski definition) is 4. The Labute approximate surface area is 105 Å². The largest absolute Gasteiger partial charge is 0.395 e. The van der Waals surface area contributed by atoms with E-state index in [0.717, 1.165) is 6.42 Å². The van der Waals surface area contributed by atoms with E-state index in [1.165, 1.54) is 22.6 Å². The Morgan fingerprint density at radius 1 is 1.59 bits per heavy atom. The molecule has 0 aliphatic carbocycles. The van der Waals surface area contributed by atoms with E-state index in [2.05, 4.69) is 4.98 Å². The number of halogens is 1. The average Bonchev–Trinajstić information content (AvgIpc) is 2.77. The van der Waals surface area contributed by atoms with Crippen LogP contribution < -0.4 is 0 Å². The number of nitrogens with zero attached hydrogens (tertiary/aromatic N) is 2. The summed E-state index contributed by atoms with van der Waals surface area (Å²) < 4.78 is 25.9. The van der Waals surface area contributed by atoms with Crippen LogP contribution in [-0.4, -0.2) is 42.0 Å². The van der Waals surface area contributed by atoms with Gasteiger partial charge in [0.1, 0.15) is 5.15 Å². The van der Waals surface area contributed by atoms with Gasteiger partial charge >= 0.3 is 0 Å². The van der Waals surface area contributed by atoms with Crippen LogP contribution in [0.3, 0.4) is 0 Å². The van der Waals surface area contributed by atoms with Gasteiger partial charge in [-0.2, -0.15) is 4.31 Å². The van der Waals surface area contributed by atoms with Gasteiger partial charge in [-0.15, -0.1) is 0 Å². The van der Waals surface area contributed by atoms with E-state index in [-0.39, 0.29) is 22.7 Å². The molecule has 1 aliphatic heterocycles. The van der Waals surface area contributed by atoms with Gasteiger partial charge in [0, 0.05) is 18.8 Å². The van der Waals surface area contributed by atoms with Crippen molar-refractivity contribution in [2.24, 2.45) is 0 Å². The zero-order valence-electron chi connectivity index (χ0n) is 9.08. The molecular formula is C10H13ClN2O3S. The summed E-state index contributed by atoms with van der Waals surface area (Å²) in [7, 11) is -3.57. The third-order valence-electron chi connectivity index (χ3n) is 2.84. The Kier molecular flexibility index (Phi) is 3.67. The second-order valence-corrected chi connectivity index (χ2v) is 6.19. The van der Waals surface area contributed by atoms with Crippen LogP contribution in [0.2, 0.25) is 5.15 Å². The first-order valence-corrected chi connectivity index (χ1v) is 7.12. The fraction of sp³-hybridized carbons (Fsp3) is 0.500. The molecule has 5 nitrogen and oxygen atoms in total. The highest BCUT2D eigenvalue weighted by molar-refractivity contribution is 7.89. The second-order valence-electron chi connectivity index (χ2n) is 3.91. The number of aliphatic hydroxyl groups excluding tert-OH is 1. The summed E-state index contributed by atoms with van der Waals surface area (Å²) in [5, 5.41) is 9.30. The van der Waals surface area contributed by atoms with Gasteiger partial charge in [-0.3, -0.25) is 0 Å². The molecule has 0 bridgehead atoms. The van der Waals surface area contributed by atoms with Crippen molar-refractivity contribution in [1.82, 2.24) is 9.29 Å². The number of rotatable bonds is 3. The summed E-state index contributed by atoms with van der Waals surface area (Å²) in [6.45, 7) is 0.283. The first-order valence-electron chi connectivity index (χ1n) is 5.30. The van der Waals surface area contributed by atoms with Gasteiger partial charge in [0.25, 0.3) is 0 Å².